The minimum absolute atomic E-state index is 0.155. The fourth-order valence-corrected chi connectivity index (χ4v) is 2.66. The Morgan fingerprint density at radius 2 is 1.88 bits per heavy atom. The third kappa shape index (κ3) is 3.31. The first-order valence-electron chi connectivity index (χ1n) is 7.35. The molecule has 4 amide bonds. The fraction of sp³-hybridized carbons (Fsp3) is 0.118. The topological polar surface area (TPSA) is 79.6 Å². The van der Waals surface area contributed by atoms with Gasteiger partial charge in [0.1, 0.15) is 17.1 Å². The standard InChI is InChI=1S/C17H12Cl2N2O4/c1-2-21-16(23)11(15(22)20-17(21)24)8-10-4-6-14(25-10)9-3-5-12(18)13(19)7-9/h3-8H,2H2,1H3,(H,20,22,24)/b11-8+. The number of carbonyl (C=O) groups excluding carboxylic acids is 3. The van der Waals surface area contributed by atoms with Gasteiger partial charge in [0.2, 0.25) is 0 Å². The highest BCUT2D eigenvalue weighted by Crippen LogP contribution is 2.30. The molecule has 0 radical (unpaired) electrons. The maximum atomic E-state index is 12.2. The zero-order valence-corrected chi connectivity index (χ0v) is 14.5. The number of urea groups is 1. The number of hydrogen-bond donors (Lipinski definition) is 1. The van der Waals surface area contributed by atoms with E-state index in [0.717, 1.165) is 4.90 Å². The normalized spacial score (nSPS) is 16.5. The third-order valence-corrected chi connectivity index (χ3v) is 4.36. The molecule has 3 rings (SSSR count). The molecule has 2 aromatic rings. The van der Waals surface area contributed by atoms with E-state index in [2.05, 4.69) is 5.32 Å². The summed E-state index contributed by atoms with van der Waals surface area (Å²) in [4.78, 5) is 36.7. The lowest BCUT2D eigenvalue weighted by Crippen LogP contribution is -2.53. The predicted octanol–water partition coefficient (Wildman–Crippen LogP) is 3.74. The molecule has 0 atom stereocenters. The average molecular weight is 379 g/mol. The molecule has 2 heterocycles. The van der Waals surface area contributed by atoms with Crippen LogP contribution in [0.2, 0.25) is 10.0 Å². The second-order valence-electron chi connectivity index (χ2n) is 5.20. The molecule has 0 aliphatic carbocycles. The Kier molecular flexibility index (Phi) is 4.65. The van der Waals surface area contributed by atoms with Gasteiger partial charge in [0, 0.05) is 12.1 Å². The first-order chi connectivity index (χ1) is 11.9. The summed E-state index contributed by atoms with van der Waals surface area (Å²) in [5.41, 5.74) is 0.528. The zero-order chi connectivity index (χ0) is 18.1. The van der Waals surface area contributed by atoms with Crippen LogP contribution in [0.5, 0.6) is 0 Å². The minimum atomic E-state index is -0.757. The number of barbiturate groups is 1. The lowest BCUT2D eigenvalue weighted by molar-refractivity contribution is -0.129. The molecule has 0 saturated carbocycles. The van der Waals surface area contributed by atoms with Crippen LogP contribution < -0.4 is 5.32 Å². The summed E-state index contributed by atoms with van der Waals surface area (Å²) in [7, 11) is 0. The van der Waals surface area contributed by atoms with Crippen molar-refractivity contribution in [3.63, 3.8) is 0 Å². The molecular weight excluding hydrogens is 367 g/mol. The first kappa shape index (κ1) is 17.3. The molecule has 1 aromatic carbocycles. The number of nitrogens with one attached hydrogen (secondary N) is 1. The van der Waals surface area contributed by atoms with Crippen LogP contribution in [-0.2, 0) is 9.59 Å². The molecule has 1 aliphatic rings. The van der Waals surface area contributed by atoms with Crippen molar-refractivity contribution in [2.45, 2.75) is 6.92 Å². The van der Waals surface area contributed by atoms with Gasteiger partial charge < -0.3 is 4.42 Å². The van der Waals surface area contributed by atoms with Crippen LogP contribution in [0.15, 0.2) is 40.3 Å². The van der Waals surface area contributed by atoms with E-state index in [1.54, 1.807) is 37.3 Å². The molecule has 1 aromatic heterocycles. The quantitative estimate of drug-likeness (QED) is 0.651. The highest BCUT2D eigenvalue weighted by molar-refractivity contribution is 6.42. The molecule has 1 saturated heterocycles. The molecule has 128 valence electrons. The lowest BCUT2D eigenvalue weighted by Gasteiger charge is -2.24. The largest absolute Gasteiger partial charge is 0.457 e. The Hall–Kier alpha value is -2.57. The zero-order valence-electron chi connectivity index (χ0n) is 13.0. The number of carbonyl (C=O) groups is 3. The Labute approximate surface area is 153 Å². The number of hydrogen-bond acceptors (Lipinski definition) is 4. The smallest absolute Gasteiger partial charge is 0.331 e. The molecule has 1 N–H and O–H groups in total. The van der Waals surface area contributed by atoms with Crippen LogP contribution in [0.3, 0.4) is 0 Å². The van der Waals surface area contributed by atoms with Crippen molar-refractivity contribution >= 4 is 47.1 Å². The number of amides is 4. The van der Waals surface area contributed by atoms with Crippen LogP contribution in [-0.4, -0.2) is 29.3 Å². The van der Waals surface area contributed by atoms with E-state index in [1.807, 2.05) is 0 Å². The van der Waals surface area contributed by atoms with Crippen LogP contribution in [0, 0.1) is 0 Å². The Morgan fingerprint density at radius 3 is 2.56 bits per heavy atom. The Bertz CT molecular complexity index is 917. The highest BCUT2D eigenvalue weighted by Gasteiger charge is 2.34. The van der Waals surface area contributed by atoms with Gasteiger partial charge >= 0.3 is 6.03 Å². The highest BCUT2D eigenvalue weighted by atomic mass is 35.5. The predicted molar refractivity (Wildman–Crippen MR) is 93.1 cm³/mol. The molecule has 25 heavy (non-hydrogen) atoms. The van der Waals surface area contributed by atoms with Gasteiger partial charge in [-0.3, -0.25) is 19.8 Å². The van der Waals surface area contributed by atoms with Crippen molar-refractivity contribution in [2.24, 2.45) is 0 Å². The van der Waals surface area contributed by atoms with Crippen molar-refractivity contribution in [1.29, 1.82) is 0 Å². The van der Waals surface area contributed by atoms with Gasteiger partial charge in [0.15, 0.2) is 0 Å². The number of rotatable bonds is 3. The van der Waals surface area contributed by atoms with E-state index >= 15 is 0 Å². The number of imide groups is 2. The summed E-state index contributed by atoms with van der Waals surface area (Å²) in [5, 5.41) is 2.93. The average Bonchev–Trinajstić information content (AvgIpc) is 3.03. The van der Waals surface area contributed by atoms with E-state index in [1.165, 1.54) is 6.08 Å². The molecule has 6 nitrogen and oxygen atoms in total. The monoisotopic (exact) mass is 378 g/mol. The molecule has 0 bridgehead atoms. The lowest BCUT2D eigenvalue weighted by atomic mass is 10.1. The Balaban J connectivity index is 1.93. The van der Waals surface area contributed by atoms with Gasteiger partial charge in [-0.15, -0.1) is 0 Å². The van der Waals surface area contributed by atoms with Crippen LogP contribution in [0.1, 0.15) is 12.7 Å². The summed E-state index contributed by atoms with van der Waals surface area (Å²) >= 11 is 11.9. The maximum absolute atomic E-state index is 12.2. The molecule has 0 unspecified atom stereocenters. The second kappa shape index (κ2) is 6.74. The minimum Gasteiger partial charge on any atom is -0.457 e. The number of halogens is 2. The maximum Gasteiger partial charge on any atom is 0.331 e. The van der Waals surface area contributed by atoms with E-state index in [0.29, 0.717) is 27.1 Å². The van der Waals surface area contributed by atoms with Crippen LogP contribution >= 0.6 is 23.2 Å². The summed E-state index contributed by atoms with van der Waals surface area (Å²) in [6.07, 6.45) is 1.30. The number of benzene rings is 1. The second-order valence-corrected chi connectivity index (χ2v) is 6.01. The fourth-order valence-electron chi connectivity index (χ4n) is 2.36. The van der Waals surface area contributed by atoms with Gasteiger partial charge in [-0.1, -0.05) is 23.2 Å². The number of nitrogens with zero attached hydrogens (tertiary/aromatic N) is 1. The SMILES string of the molecule is CCN1C(=O)NC(=O)/C(=C\c2ccc(-c3ccc(Cl)c(Cl)c3)o2)C1=O. The Morgan fingerprint density at radius 1 is 1.12 bits per heavy atom. The van der Waals surface area contributed by atoms with Gasteiger partial charge in [-0.2, -0.15) is 0 Å². The molecule has 8 heteroatoms. The van der Waals surface area contributed by atoms with E-state index < -0.39 is 17.8 Å². The van der Waals surface area contributed by atoms with E-state index in [-0.39, 0.29) is 12.1 Å². The van der Waals surface area contributed by atoms with E-state index in [9.17, 15) is 14.4 Å². The number of furan rings is 1. The summed E-state index contributed by atoms with van der Waals surface area (Å²) in [6, 6.07) is 7.58. The summed E-state index contributed by atoms with van der Waals surface area (Å²) < 4.78 is 5.65. The summed E-state index contributed by atoms with van der Waals surface area (Å²) in [6.45, 7) is 1.79. The molecular formula is C17H12Cl2N2O4. The third-order valence-electron chi connectivity index (χ3n) is 3.62. The van der Waals surface area contributed by atoms with E-state index in [4.69, 9.17) is 27.6 Å². The molecule has 1 fully saturated rings. The van der Waals surface area contributed by atoms with Crippen molar-refractivity contribution in [3.05, 3.63) is 51.7 Å². The molecule has 1 aliphatic heterocycles. The molecule has 0 spiro atoms. The van der Waals surface area contributed by atoms with Crippen molar-refractivity contribution in [2.75, 3.05) is 6.54 Å². The number of likely N-dealkylation sites (N-methyl/N-ethyl adjacent to an activating group) is 1. The van der Waals surface area contributed by atoms with Gasteiger partial charge in [-0.25, -0.2) is 4.79 Å². The summed E-state index contributed by atoms with van der Waals surface area (Å²) in [5.74, 6) is -0.626. The van der Waals surface area contributed by atoms with Crippen molar-refractivity contribution in [1.82, 2.24) is 10.2 Å². The van der Waals surface area contributed by atoms with Gasteiger partial charge in [0.25, 0.3) is 11.8 Å². The van der Waals surface area contributed by atoms with Crippen molar-refractivity contribution < 1.29 is 18.8 Å². The van der Waals surface area contributed by atoms with Crippen molar-refractivity contribution in [3.8, 4) is 11.3 Å². The van der Waals surface area contributed by atoms with Gasteiger partial charge in [0.05, 0.1) is 10.0 Å². The van der Waals surface area contributed by atoms with Crippen LogP contribution in [0.25, 0.3) is 17.4 Å². The first-order valence-corrected chi connectivity index (χ1v) is 8.10. The van der Waals surface area contributed by atoms with Gasteiger partial charge in [-0.05, 0) is 43.3 Å². The van der Waals surface area contributed by atoms with Crippen LogP contribution in [0.4, 0.5) is 4.79 Å².